The minimum atomic E-state index is -3.68. The molecular formula is C20H17ClN4O3S2. The normalized spacial score (nSPS) is 15.8. The molecule has 30 heavy (non-hydrogen) atoms. The largest absolute Gasteiger partial charge is 0.345 e. The van der Waals surface area contributed by atoms with Crippen molar-refractivity contribution >= 4 is 60.0 Å². The molecule has 1 aromatic carbocycles. The first-order valence-electron chi connectivity index (χ1n) is 9.34. The summed E-state index contributed by atoms with van der Waals surface area (Å²) < 4.78 is 28.5. The number of thiophene rings is 1. The lowest BCUT2D eigenvalue weighted by Gasteiger charge is -2.33. The number of benzene rings is 1. The molecule has 0 atom stereocenters. The molecule has 1 fully saturated rings. The molecule has 5 rings (SSSR count). The fourth-order valence-electron chi connectivity index (χ4n) is 3.62. The van der Waals surface area contributed by atoms with Crippen LogP contribution in [0.15, 0.2) is 53.7 Å². The van der Waals surface area contributed by atoms with Crippen LogP contribution in [-0.4, -0.2) is 59.7 Å². The van der Waals surface area contributed by atoms with Crippen LogP contribution in [0.1, 0.15) is 9.67 Å². The highest BCUT2D eigenvalue weighted by Gasteiger charge is 2.32. The molecule has 0 radical (unpaired) electrons. The van der Waals surface area contributed by atoms with E-state index in [4.69, 9.17) is 11.6 Å². The number of rotatable bonds is 3. The second kappa shape index (κ2) is 7.35. The van der Waals surface area contributed by atoms with E-state index in [0.29, 0.717) is 28.5 Å². The van der Waals surface area contributed by atoms with Crippen LogP contribution in [0.25, 0.3) is 21.1 Å². The minimum Gasteiger partial charge on any atom is -0.345 e. The van der Waals surface area contributed by atoms with Crippen molar-refractivity contribution in [2.24, 2.45) is 0 Å². The number of piperazine rings is 1. The summed E-state index contributed by atoms with van der Waals surface area (Å²) in [4.78, 5) is 22.4. The third-order valence-corrected chi connectivity index (χ3v) is 8.33. The third kappa shape index (κ3) is 3.37. The fourth-order valence-corrected chi connectivity index (χ4v) is 6.22. The maximum Gasteiger partial charge on any atom is 0.264 e. The summed E-state index contributed by atoms with van der Waals surface area (Å²) in [6.07, 6.45) is 1.70. The summed E-state index contributed by atoms with van der Waals surface area (Å²) in [5.74, 6) is -0.0877. The maximum absolute atomic E-state index is 13.1. The van der Waals surface area contributed by atoms with Gasteiger partial charge in [0, 0.05) is 48.3 Å². The zero-order valence-electron chi connectivity index (χ0n) is 15.7. The molecule has 1 N–H and O–H groups in total. The van der Waals surface area contributed by atoms with Crippen LogP contribution in [0.3, 0.4) is 0 Å². The van der Waals surface area contributed by atoms with E-state index >= 15 is 0 Å². The van der Waals surface area contributed by atoms with Crippen molar-refractivity contribution in [1.29, 1.82) is 0 Å². The van der Waals surface area contributed by atoms with Gasteiger partial charge < -0.3 is 9.88 Å². The van der Waals surface area contributed by atoms with Crippen LogP contribution in [0, 0.1) is 0 Å². The molecule has 154 valence electrons. The Balaban J connectivity index is 1.32. The maximum atomic E-state index is 13.1. The first-order valence-corrected chi connectivity index (χ1v) is 12.0. The molecule has 1 aliphatic rings. The van der Waals surface area contributed by atoms with E-state index in [2.05, 4.69) is 9.97 Å². The zero-order chi connectivity index (χ0) is 20.9. The zero-order valence-corrected chi connectivity index (χ0v) is 18.1. The predicted molar refractivity (Wildman–Crippen MR) is 118 cm³/mol. The highest BCUT2D eigenvalue weighted by molar-refractivity contribution is 7.89. The summed E-state index contributed by atoms with van der Waals surface area (Å²) in [6.45, 7) is 1.16. The lowest BCUT2D eigenvalue weighted by molar-refractivity contribution is 0.0703. The molecule has 0 saturated carbocycles. The number of fused-ring (bicyclic) bond motifs is 2. The number of hydrogen-bond donors (Lipinski definition) is 1. The molecule has 4 aromatic rings. The number of nitrogens with zero attached hydrogens (tertiary/aromatic N) is 3. The van der Waals surface area contributed by atoms with E-state index < -0.39 is 10.0 Å². The molecule has 1 amide bonds. The van der Waals surface area contributed by atoms with Gasteiger partial charge in [0.05, 0.1) is 15.1 Å². The van der Waals surface area contributed by atoms with E-state index in [0.717, 1.165) is 15.6 Å². The average molecular weight is 461 g/mol. The van der Waals surface area contributed by atoms with Gasteiger partial charge in [0.2, 0.25) is 0 Å². The SMILES string of the molecule is O=C(c1cc2ncccc2s1)N1CCN(S(=O)(=O)c2cc3cc(Cl)ccc3[nH]2)CC1. The van der Waals surface area contributed by atoms with Crippen molar-refractivity contribution in [1.82, 2.24) is 19.2 Å². The number of amides is 1. The van der Waals surface area contributed by atoms with Crippen molar-refractivity contribution in [3.8, 4) is 0 Å². The molecule has 1 aliphatic heterocycles. The van der Waals surface area contributed by atoms with Crippen LogP contribution in [0.5, 0.6) is 0 Å². The number of sulfonamides is 1. The summed E-state index contributed by atoms with van der Waals surface area (Å²) in [6, 6.07) is 12.4. The Kier molecular flexibility index (Phi) is 4.78. The van der Waals surface area contributed by atoms with Gasteiger partial charge in [-0.1, -0.05) is 11.6 Å². The number of pyridine rings is 1. The Morgan fingerprint density at radius 3 is 2.67 bits per heavy atom. The first kappa shape index (κ1) is 19.5. The minimum absolute atomic E-state index is 0.0877. The van der Waals surface area contributed by atoms with Gasteiger partial charge in [0.25, 0.3) is 15.9 Å². The van der Waals surface area contributed by atoms with Crippen LogP contribution in [0.2, 0.25) is 5.02 Å². The molecule has 0 unspecified atom stereocenters. The molecule has 1 saturated heterocycles. The van der Waals surface area contributed by atoms with Gasteiger partial charge in [-0.2, -0.15) is 4.31 Å². The highest BCUT2D eigenvalue weighted by Crippen LogP contribution is 2.27. The number of hydrogen-bond acceptors (Lipinski definition) is 5. The summed E-state index contributed by atoms with van der Waals surface area (Å²) in [7, 11) is -3.68. The number of carbonyl (C=O) groups is 1. The van der Waals surface area contributed by atoms with Crippen molar-refractivity contribution in [2.45, 2.75) is 5.03 Å². The molecule has 3 aromatic heterocycles. The van der Waals surface area contributed by atoms with Crippen molar-refractivity contribution in [3.63, 3.8) is 0 Å². The third-order valence-electron chi connectivity index (χ3n) is 5.20. The highest BCUT2D eigenvalue weighted by atomic mass is 35.5. The van der Waals surface area contributed by atoms with E-state index in [9.17, 15) is 13.2 Å². The molecule has 0 spiro atoms. The lowest BCUT2D eigenvalue weighted by Crippen LogP contribution is -2.50. The second-order valence-corrected chi connectivity index (χ2v) is 10.5. The first-order chi connectivity index (χ1) is 14.4. The van der Waals surface area contributed by atoms with Crippen molar-refractivity contribution < 1.29 is 13.2 Å². The summed E-state index contributed by atoms with van der Waals surface area (Å²) in [5.41, 5.74) is 1.51. The molecule has 0 aliphatic carbocycles. The van der Waals surface area contributed by atoms with Crippen LogP contribution in [0.4, 0.5) is 0 Å². The number of aromatic amines is 1. The van der Waals surface area contributed by atoms with Gasteiger partial charge in [0.1, 0.15) is 5.03 Å². The van der Waals surface area contributed by atoms with Gasteiger partial charge in [-0.3, -0.25) is 9.78 Å². The lowest BCUT2D eigenvalue weighted by atomic mass is 10.2. The second-order valence-electron chi connectivity index (χ2n) is 7.06. The van der Waals surface area contributed by atoms with Gasteiger partial charge >= 0.3 is 0 Å². The number of halogens is 1. The van der Waals surface area contributed by atoms with Crippen LogP contribution < -0.4 is 0 Å². The van der Waals surface area contributed by atoms with Gasteiger partial charge in [-0.05, 0) is 42.5 Å². The van der Waals surface area contributed by atoms with Crippen molar-refractivity contribution in [2.75, 3.05) is 26.2 Å². The molecule has 4 heterocycles. The number of aromatic nitrogens is 2. The van der Waals surface area contributed by atoms with Crippen LogP contribution in [-0.2, 0) is 10.0 Å². The number of nitrogens with one attached hydrogen (secondary N) is 1. The molecule has 0 bridgehead atoms. The Bertz CT molecular complexity index is 1340. The fraction of sp³-hybridized carbons (Fsp3) is 0.200. The quantitative estimate of drug-likeness (QED) is 0.506. The average Bonchev–Trinajstić information content (AvgIpc) is 3.37. The molecular weight excluding hydrogens is 444 g/mol. The predicted octanol–water partition coefficient (Wildman–Crippen LogP) is 3.58. The Morgan fingerprint density at radius 2 is 1.90 bits per heavy atom. The summed E-state index contributed by atoms with van der Waals surface area (Å²) >= 11 is 7.40. The summed E-state index contributed by atoms with van der Waals surface area (Å²) in [5, 5.41) is 1.43. The van der Waals surface area contributed by atoms with Gasteiger partial charge in [-0.25, -0.2) is 8.42 Å². The van der Waals surface area contributed by atoms with E-state index in [1.54, 1.807) is 41.4 Å². The van der Waals surface area contributed by atoms with Gasteiger partial charge in [-0.15, -0.1) is 11.3 Å². The topological polar surface area (TPSA) is 86.4 Å². The number of H-pyrrole nitrogens is 1. The Hall–Kier alpha value is -2.46. The standard InChI is InChI=1S/C20H17ClN4O3S2/c21-14-3-4-15-13(10-14)11-19(23-15)30(27,28)25-8-6-24(7-9-25)20(26)18-12-16-17(29-18)2-1-5-22-16/h1-5,10-12,23H,6-9H2. The van der Waals surface area contributed by atoms with E-state index in [1.807, 2.05) is 12.1 Å². The van der Waals surface area contributed by atoms with E-state index in [-0.39, 0.29) is 24.0 Å². The van der Waals surface area contributed by atoms with Crippen molar-refractivity contribution in [3.05, 3.63) is 58.6 Å². The molecule has 7 nitrogen and oxygen atoms in total. The van der Waals surface area contributed by atoms with Gasteiger partial charge in [0.15, 0.2) is 0 Å². The monoisotopic (exact) mass is 460 g/mol. The molecule has 10 heteroatoms. The Morgan fingerprint density at radius 1 is 1.10 bits per heavy atom. The smallest absolute Gasteiger partial charge is 0.264 e. The Labute approximate surface area is 181 Å². The van der Waals surface area contributed by atoms with Crippen LogP contribution >= 0.6 is 22.9 Å². The number of carbonyl (C=O) groups excluding carboxylic acids is 1. The van der Waals surface area contributed by atoms with E-state index in [1.165, 1.54) is 15.6 Å².